The zero-order valence-corrected chi connectivity index (χ0v) is 12.8. The Bertz CT molecular complexity index is 922. The predicted octanol–water partition coefficient (Wildman–Crippen LogP) is 4.09. The summed E-state index contributed by atoms with van der Waals surface area (Å²) in [7, 11) is 0. The van der Waals surface area contributed by atoms with E-state index in [4.69, 9.17) is 16.0 Å². The number of phenolic OH excluding ortho intramolecular Hbond substituents is 1. The first-order valence-electron chi connectivity index (χ1n) is 6.78. The van der Waals surface area contributed by atoms with Crippen LogP contribution in [0.5, 0.6) is 5.75 Å². The predicted molar refractivity (Wildman–Crippen MR) is 88.2 cm³/mol. The second-order valence-electron chi connectivity index (χ2n) is 4.78. The highest BCUT2D eigenvalue weighted by atomic mass is 35.5. The van der Waals surface area contributed by atoms with E-state index in [0.29, 0.717) is 11.5 Å². The molecule has 1 heterocycles. The number of hydrogen-bond donors (Lipinski definition) is 1. The third-order valence-electron chi connectivity index (χ3n) is 3.14. The van der Waals surface area contributed by atoms with Crippen molar-refractivity contribution in [1.82, 2.24) is 10.2 Å². The van der Waals surface area contributed by atoms with Crippen molar-refractivity contribution in [2.75, 3.05) is 0 Å². The highest BCUT2D eigenvalue weighted by molar-refractivity contribution is 6.50. The van der Waals surface area contributed by atoms with Crippen molar-refractivity contribution < 1.29 is 14.4 Å². The third kappa shape index (κ3) is 3.26. The Labute approximate surface area is 141 Å². The Balaban J connectivity index is 1.91. The molecule has 0 saturated carbocycles. The molecular formula is C16H10ClN3O4. The van der Waals surface area contributed by atoms with Gasteiger partial charge in [-0.1, -0.05) is 35.9 Å². The van der Waals surface area contributed by atoms with E-state index >= 15 is 0 Å². The Morgan fingerprint density at radius 3 is 2.67 bits per heavy atom. The van der Waals surface area contributed by atoms with Crippen molar-refractivity contribution in [3.8, 4) is 17.2 Å². The highest BCUT2D eigenvalue weighted by Crippen LogP contribution is 2.30. The van der Waals surface area contributed by atoms with E-state index in [-0.39, 0.29) is 10.9 Å². The maximum Gasteiger partial charge on any atom is 0.311 e. The van der Waals surface area contributed by atoms with Crippen LogP contribution in [0.25, 0.3) is 22.6 Å². The van der Waals surface area contributed by atoms with Crippen molar-refractivity contribution in [2.24, 2.45) is 0 Å². The minimum absolute atomic E-state index is 0.0891. The number of aromatic hydroxyl groups is 1. The largest absolute Gasteiger partial charge is 0.502 e. The minimum Gasteiger partial charge on any atom is -0.502 e. The summed E-state index contributed by atoms with van der Waals surface area (Å²) >= 11 is 6.15. The minimum atomic E-state index is -0.680. The van der Waals surface area contributed by atoms with Crippen molar-refractivity contribution >= 4 is 28.4 Å². The number of rotatable bonds is 4. The molecule has 3 rings (SSSR count). The smallest absolute Gasteiger partial charge is 0.311 e. The molecule has 0 atom stereocenters. The molecule has 0 aliphatic heterocycles. The summed E-state index contributed by atoms with van der Waals surface area (Å²) in [6.07, 6.45) is 1.44. The van der Waals surface area contributed by atoms with Crippen molar-refractivity contribution in [1.29, 1.82) is 0 Å². The third-order valence-corrected chi connectivity index (χ3v) is 3.41. The molecule has 24 heavy (non-hydrogen) atoms. The summed E-state index contributed by atoms with van der Waals surface area (Å²) < 4.78 is 5.50. The molecule has 0 amide bonds. The van der Waals surface area contributed by atoms with Crippen LogP contribution in [0.3, 0.4) is 0 Å². The molecule has 8 heteroatoms. The Kier molecular flexibility index (Phi) is 4.26. The molecule has 0 unspecified atom stereocenters. The number of halogens is 1. The summed E-state index contributed by atoms with van der Waals surface area (Å²) in [5.74, 6) is -0.0162. The Morgan fingerprint density at radius 2 is 1.96 bits per heavy atom. The lowest BCUT2D eigenvalue weighted by Gasteiger charge is -1.98. The molecule has 0 radical (unpaired) electrons. The number of nitrogens with zero attached hydrogens (tertiary/aromatic N) is 3. The van der Waals surface area contributed by atoms with E-state index in [2.05, 4.69) is 10.2 Å². The topological polar surface area (TPSA) is 102 Å². The zero-order chi connectivity index (χ0) is 17.1. The molecule has 0 aliphatic rings. The summed E-state index contributed by atoms with van der Waals surface area (Å²) in [4.78, 5) is 10.2. The first-order chi connectivity index (χ1) is 11.5. The standard InChI is InChI=1S/C16H10ClN3O4/c17-12(8-10-6-7-14(21)13(9-10)20(22)23)16-19-18-15(24-16)11-4-2-1-3-5-11/h1-9,21H/b12-8-. The molecule has 0 saturated heterocycles. The van der Waals surface area contributed by atoms with Crippen LogP contribution in [0.2, 0.25) is 0 Å². The van der Waals surface area contributed by atoms with Gasteiger partial charge in [0.25, 0.3) is 5.89 Å². The van der Waals surface area contributed by atoms with Gasteiger partial charge >= 0.3 is 5.69 Å². The van der Waals surface area contributed by atoms with Gasteiger partial charge < -0.3 is 9.52 Å². The van der Waals surface area contributed by atoms with Gasteiger partial charge in [-0.3, -0.25) is 10.1 Å². The van der Waals surface area contributed by atoms with E-state index in [1.54, 1.807) is 0 Å². The molecule has 0 aliphatic carbocycles. The van der Waals surface area contributed by atoms with Crippen LogP contribution in [-0.4, -0.2) is 20.2 Å². The summed E-state index contributed by atoms with van der Waals surface area (Å²) in [5, 5.41) is 28.2. The normalized spacial score (nSPS) is 11.5. The van der Waals surface area contributed by atoms with Gasteiger partial charge in [0, 0.05) is 11.6 Å². The quantitative estimate of drug-likeness (QED) is 0.565. The summed E-state index contributed by atoms with van der Waals surface area (Å²) in [6.45, 7) is 0. The number of aromatic nitrogens is 2. The van der Waals surface area contributed by atoms with E-state index in [0.717, 1.165) is 5.56 Å². The number of benzene rings is 2. The summed E-state index contributed by atoms with van der Waals surface area (Å²) in [5.41, 5.74) is 0.758. The molecule has 1 aromatic heterocycles. The van der Waals surface area contributed by atoms with Crippen molar-refractivity contribution in [2.45, 2.75) is 0 Å². The lowest BCUT2D eigenvalue weighted by atomic mass is 10.1. The average Bonchev–Trinajstić information content (AvgIpc) is 3.07. The van der Waals surface area contributed by atoms with Crippen LogP contribution in [-0.2, 0) is 0 Å². The van der Waals surface area contributed by atoms with Gasteiger partial charge in [-0.15, -0.1) is 10.2 Å². The molecule has 120 valence electrons. The Hall–Kier alpha value is -3.19. The number of phenols is 1. The first kappa shape index (κ1) is 15.7. The molecule has 1 N–H and O–H groups in total. The lowest BCUT2D eigenvalue weighted by molar-refractivity contribution is -0.385. The molecule has 0 fully saturated rings. The number of hydrogen-bond acceptors (Lipinski definition) is 6. The molecule has 7 nitrogen and oxygen atoms in total. The van der Waals surface area contributed by atoms with E-state index in [1.165, 1.54) is 24.3 Å². The number of nitro groups is 1. The zero-order valence-electron chi connectivity index (χ0n) is 12.1. The van der Waals surface area contributed by atoms with E-state index < -0.39 is 16.4 Å². The Morgan fingerprint density at radius 1 is 1.21 bits per heavy atom. The molecule has 0 bridgehead atoms. The number of nitro benzene ring substituents is 1. The maximum atomic E-state index is 10.8. The highest BCUT2D eigenvalue weighted by Gasteiger charge is 2.15. The van der Waals surface area contributed by atoms with Crippen LogP contribution >= 0.6 is 11.6 Å². The molecule has 0 spiro atoms. The van der Waals surface area contributed by atoms with Crippen LogP contribution in [0.4, 0.5) is 5.69 Å². The molecule has 2 aromatic carbocycles. The lowest BCUT2D eigenvalue weighted by Crippen LogP contribution is -1.89. The SMILES string of the molecule is O=[N+]([O-])c1cc(/C=C(\Cl)c2nnc(-c3ccccc3)o2)ccc1O. The average molecular weight is 344 g/mol. The van der Waals surface area contributed by atoms with Crippen LogP contribution in [0.1, 0.15) is 11.5 Å². The monoisotopic (exact) mass is 343 g/mol. The van der Waals surface area contributed by atoms with Gasteiger partial charge in [-0.2, -0.15) is 0 Å². The van der Waals surface area contributed by atoms with Gasteiger partial charge in [0.05, 0.1) is 4.92 Å². The van der Waals surface area contributed by atoms with Crippen LogP contribution in [0, 0.1) is 10.1 Å². The fourth-order valence-electron chi connectivity index (χ4n) is 2.00. The maximum absolute atomic E-state index is 10.8. The van der Waals surface area contributed by atoms with Crippen LogP contribution < -0.4 is 0 Å². The van der Waals surface area contributed by atoms with Gasteiger partial charge in [0.15, 0.2) is 5.75 Å². The second kappa shape index (κ2) is 6.51. The molecular weight excluding hydrogens is 334 g/mol. The van der Waals surface area contributed by atoms with E-state index in [1.807, 2.05) is 30.3 Å². The van der Waals surface area contributed by atoms with Gasteiger partial charge in [0.2, 0.25) is 5.89 Å². The van der Waals surface area contributed by atoms with Crippen LogP contribution in [0.15, 0.2) is 52.9 Å². The fraction of sp³-hybridized carbons (Fsp3) is 0. The van der Waals surface area contributed by atoms with E-state index in [9.17, 15) is 15.2 Å². The molecule has 3 aromatic rings. The van der Waals surface area contributed by atoms with Gasteiger partial charge in [-0.05, 0) is 29.8 Å². The van der Waals surface area contributed by atoms with Crippen molar-refractivity contribution in [3.05, 3.63) is 70.1 Å². The first-order valence-corrected chi connectivity index (χ1v) is 7.16. The van der Waals surface area contributed by atoms with Crippen molar-refractivity contribution in [3.63, 3.8) is 0 Å². The van der Waals surface area contributed by atoms with Gasteiger partial charge in [0.1, 0.15) is 5.03 Å². The van der Waals surface area contributed by atoms with Gasteiger partial charge in [-0.25, -0.2) is 0 Å². The second-order valence-corrected chi connectivity index (χ2v) is 5.18. The summed E-state index contributed by atoms with van der Waals surface area (Å²) in [6, 6.07) is 13.1. The fourth-order valence-corrected chi connectivity index (χ4v) is 2.20.